The van der Waals surface area contributed by atoms with Gasteiger partial charge in [0, 0.05) is 29.1 Å². The highest BCUT2D eigenvalue weighted by Gasteiger charge is 2.21. The van der Waals surface area contributed by atoms with E-state index in [-0.39, 0.29) is 0 Å². The van der Waals surface area contributed by atoms with Gasteiger partial charge in [-0.1, -0.05) is 6.07 Å². The Kier molecular flexibility index (Phi) is 4.78. The van der Waals surface area contributed by atoms with Crippen molar-refractivity contribution >= 4 is 11.3 Å². The van der Waals surface area contributed by atoms with Crippen molar-refractivity contribution < 1.29 is 4.42 Å². The van der Waals surface area contributed by atoms with Crippen molar-refractivity contribution in [3.8, 4) is 0 Å². The zero-order valence-corrected chi connectivity index (χ0v) is 13.7. The van der Waals surface area contributed by atoms with E-state index in [9.17, 15) is 0 Å². The molecule has 4 heteroatoms. The van der Waals surface area contributed by atoms with E-state index in [4.69, 9.17) is 4.42 Å². The number of thiophene rings is 1. The third-order valence-corrected chi connectivity index (χ3v) is 5.11. The summed E-state index contributed by atoms with van der Waals surface area (Å²) in [5.74, 6) is 1.09. The van der Waals surface area contributed by atoms with Crippen molar-refractivity contribution in [2.75, 3.05) is 7.05 Å². The van der Waals surface area contributed by atoms with Crippen molar-refractivity contribution in [1.29, 1.82) is 0 Å². The van der Waals surface area contributed by atoms with Crippen LogP contribution < -0.4 is 5.32 Å². The molecule has 0 aromatic carbocycles. The SMILES string of the molecule is CC(Cc1cccs1)N(C)Cc1ccoc1CNC1CC1. The largest absolute Gasteiger partial charge is 0.468 e. The van der Waals surface area contributed by atoms with Gasteiger partial charge in [-0.15, -0.1) is 11.3 Å². The Morgan fingerprint density at radius 3 is 3.00 bits per heavy atom. The van der Waals surface area contributed by atoms with Crippen LogP contribution in [0.25, 0.3) is 0 Å². The van der Waals surface area contributed by atoms with E-state index in [1.807, 2.05) is 17.6 Å². The molecule has 0 amide bonds. The molecular formula is C17H24N2OS. The third-order valence-electron chi connectivity index (χ3n) is 4.22. The standard InChI is InChI=1S/C17H24N2OS/c1-13(10-16-4-3-9-21-16)19(2)12-14-7-8-20-17(14)11-18-15-5-6-15/h3-4,7-9,13,15,18H,5-6,10-12H2,1-2H3. The van der Waals surface area contributed by atoms with E-state index < -0.39 is 0 Å². The Morgan fingerprint density at radius 1 is 1.43 bits per heavy atom. The van der Waals surface area contributed by atoms with Gasteiger partial charge in [-0.3, -0.25) is 4.90 Å². The fourth-order valence-electron chi connectivity index (χ4n) is 2.49. The fourth-order valence-corrected chi connectivity index (χ4v) is 3.31. The van der Waals surface area contributed by atoms with Gasteiger partial charge in [-0.2, -0.15) is 0 Å². The van der Waals surface area contributed by atoms with Crippen molar-refractivity contribution in [3.63, 3.8) is 0 Å². The smallest absolute Gasteiger partial charge is 0.122 e. The van der Waals surface area contributed by atoms with Crippen LogP contribution in [0.1, 0.15) is 36.0 Å². The minimum atomic E-state index is 0.530. The van der Waals surface area contributed by atoms with Crippen LogP contribution in [0.3, 0.4) is 0 Å². The molecule has 1 N–H and O–H groups in total. The quantitative estimate of drug-likeness (QED) is 0.807. The lowest BCUT2D eigenvalue weighted by molar-refractivity contribution is 0.246. The minimum absolute atomic E-state index is 0.530. The molecule has 0 bridgehead atoms. The lowest BCUT2D eigenvalue weighted by Crippen LogP contribution is -2.30. The van der Waals surface area contributed by atoms with Crippen LogP contribution in [0, 0.1) is 0 Å². The molecule has 3 rings (SSSR count). The molecule has 114 valence electrons. The number of rotatable bonds is 8. The number of hydrogen-bond acceptors (Lipinski definition) is 4. The topological polar surface area (TPSA) is 28.4 Å². The van der Waals surface area contributed by atoms with Crippen LogP contribution in [-0.2, 0) is 19.5 Å². The second kappa shape index (κ2) is 6.77. The molecule has 0 aliphatic heterocycles. The zero-order valence-electron chi connectivity index (χ0n) is 12.8. The normalized spacial score (nSPS) is 16.5. The number of furan rings is 1. The summed E-state index contributed by atoms with van der Waals surface area (Å²) in [7, 11) is 2.20. The summed E-state index contributed by atoms with van der Waals surface area (Å²) in [6.45, 7) is 4.10. The molecule has 1 saturated carbocycles. The number of nitrogens with one attached hydrogen (secondary N) is 1. The van der Waals surface area contributed by atoms with Crippen LogP contribution in [0.5, 0.6) is 0 Å². The Bertz CT molecular complexity index is 545. The first kappa shape index (κ1) is 14.8. The van der Waals surface area contributed by atoms with Crippen LogP contribution in [0.2, 0.25) is 0 Å². The summed E-state index contributed by atoms with van der Waals surface area (Å²) in [5.41, 5.74) is 1.31. The molecule has 2 aromatic rings. The molecule has 2 heterocycles. The first-order valence-electron chi connectivity index (χ1n) is 7.73. The molecule has 1 aliphatic carbocycles. The van der Waals surface area contributed by atoms with Crippen molar-refractivity contribution in [3.05, 3.63) is 46.0 Å². The molecule has 1 atom stereocenters. The van der Waals surface area contributed by atoms with Gasteiger partial charge in [0.25, 0.3) is 0 Å². The van der Waals surface area contributed by atoms with E-state index in [1.54, 1.807) is 0 Å². The van der Waals surface area contributed by atoms with E-state index in [0.717, 1.165) is 31.3 Å². The molecule has 3 nitrogen and oxygen atoms in total. The predicted octanol–water partition coefficient (Wildman–Crippen LogP) is 3.66. The Hall–Kier alpha value is -1.10. The lowest BCUT2D eigenvalue weighted by Gasteiger charge is -2.24. The van der Waals surface area contributed by atoms with Gasteiger partial charge in [0.1, 0.15) is 5.76 Å². The van der Waals surface area contributed by atoms with Crippen molar-refractivity contribution in [2.24, 2.45) is 0 Å². The second-order valence-corrected chi connectivity index (χ2v) is 7.10. The minimum Gasteiger partial charge on any atom is -0.468 e. The van der Waals surface area contributed by atoms with Gasteiger partial charge in [-0.05, 0) is 50.7 Å². The van der Waals surface area contributed by atoms with Gasteiger partial charge in [0.05, 0.1) is 12.8 Å². The predicted molar refractivity (Wildman–Crippen MR) is 87.5 cm³/mol. The average molecular weight is 304 g/mol. The Labute approximate surface area is 131 Å². The summed E-state index contributed by atoms with van der Waals surface area (Å²) < 4.78 is 5.64. The number of hydrogen-bond donors (Lipinski definition) is 1. The second-order valence-electron chi connectivity index (χ2n) is 6.07. The summed E-state index contributed by atoms with van der Waals surface area (Å²) in [5, 5.41) is 5.68. The molecule has 21 heavy (non-hydrogen) atoms. The monoisotopic (exact) mass is 304 g/mol. The van der Waals surface area contributed by atoms with E-state index in [1.165, 1.54) is 23.3 Å². The molecular weight excluding hydrogens is 280 g/mol. The molecule has 0 spiro atoms. The van der Waals surface area contributed by atoms with Gasteiger partial charge in [0.2, 0.25) is 0 Å². The van der Waals surface area contributed by atoms with Gasteiger partial charge >= 0.3 is 0 Å². The van der Waals surface area contributed by atoms with E-state index >= 15 is 0 Å². The highest BCUT2D eigenvalue weighted by molar-refractivity contribution is 7.09. The van der Waals surface area contributed by atoms with E-state index in [0.29, 0.717) is 6.04 Å². The lowest BCUT2D eigenvalue weighted by atomic mass is 10.1. The molecule has 1 unspecified atom stereocenters. The maximum atomic E-state index is 5.64. The number of likely N-dealkylation sites (N-methyl/N-ethyl adjacent to an activating group) is 1. The molecule has 1 fully saturated rings. The highest BCUT2D eigenvalue weighted by Crippen LogP contribution is 2.21. The van der Waals surface area contributed by atoms with Crippen LogP contribution in [0.4, 0.5) is 0 Å². The van der Waals surface area contributed by atoms with Crippen molar-refractivity contribution in [2.45, 2.75) is 51.4 Å². The van der Waals surface area contributed by atoms with Crippen molar-refractivity contribution in [1.82, 2.24) is 10.2 Å². The maximum Gasteiger partial charge on any atom is 0.122 e. The fraction of sp³-hybridized carbons (Fsp3) is 0.529. The summed E-state index contributed by atoms with van der Waals surface area (Å²) in [6.07, 6.45) is 5.56. The first-order valence-corrected chi connectivity index (χ1v) is 8.61. The van der Waals surface area contributed by atoms with Crippen LogP contribution in [0.15, 0.2) is 34.3 Å². The Morgan fingerprint density at radius 2 is 2.29 bits per heavy atom. The van der Waals surface area contributed by atoms with Crippen LogP contribution in [-0.4, -0.2) is 24.0 Å². The maximum absolute atomic E-state index is 5.64. The van der Waals surface area contributed by atoms with Gasteiger partial charge in [-0.25, -0.2) is 0 Å². The molecule has 1 aliphatic rings. The summed E-state index contributed by atoms with van der Waals surface area (Å²) >= 11 is 1.84. The third kappa shape index (κ3) is 4.19. The van der Waals surface area contributed by atoms with Gasteiger partial charge in [0.15, 0.2) is 0 Å². The number of nitrogens with zero attached hydrogens (tertiary/aromatic N) is 1. The molecule has 0 radical (unpaired) electrons. The van der Waals surface area contributed by atoms with E-state index in [2.05, 4.69) is 47.8 Å². The first-order chi connectivity index (χ1) is 10.2. The molecule has 0 saturated heterocycles. The molecule has 2 aromatic heterocycles. The Balaban J connectivity index is 1.53. The summed E-state index contributed by atoms with van der Waals surface area (Å²) in [6, 6.07) is 7.71. The zero-order chi connectivity index (χ0) is 14.7. The van der Waals surface area contributed by atoms with Crippen LogP contribution >= 0.6 is 11.3 Å². The highest BCUT2D eigenvalue weighted by atomic mass is 32.1. The summed E-state index contributed by atoms with van der Waals surface area (Å²) in [4.78, 5) is 3.86. The average Bonchev–Trinajstić information content (AvgIpc) is 2.96. The van der Waals surface area contributed by atoms with Gasteiger partial charge < -0.3 is 9.73 Å².